The van der Waals surface area contributed by atoms with Gasteiger partial charge in [0.05, 0.1) is 19.9 Å². The van der Waals surface area contributed by atoms with E-state index in [-0.39, 0.29) is 0 Å². The van der Waals surface area contributed by atoms with Gasteiger partial charge < -0.3 is 14.8 Å². The predicted molar refractivity (Wildman–Crippen MR) is 103 cm³/mol. The quantitative estimate of drug-likeness (QED) is 0.442. The van der Waals surface area contributed by atoms with Gasteiger partial charge in [0.15, 0.2) is 11.5 Å². The maximum Gasteiger partial charge on any atom is 0.329 e. The minimum atomic E-state index is -0.868. The van der Waals surface area contributed by atoms with E-state index in [0.29, 0.717) is 22.9 Å². The number of nitrogens with zero attached hydrogens (tertiary/aromatic N) is 1. The summed E-state index contributed by atoms with van der Waals surface area (Å²) in [7, 11) is 3.07. The lowest BCUT2D eigenvalue weighted by atomic mass is 10.1. The van der Waals surface area contributed by atoms with E-state index in [4.69, 9.17) is 9.47 Å². The number of halogens is 1. The molecule has 2 aromatic rings. The molecule has 0 saturated heterocycles. The molecule has 2 rings (SSSR count). The molecule has 2 N–H and O–H groups in total. The highest BCUT2D eigenvalue weighted by Crippen LogP contribution is 2.27. The molecule has 0 aliphatic carbocycles. The van der Waals surface area contributed by atoms with Gasteiger partial charge in [0.2, 0.25) is 0 Å². The van der Waals surface area contributed by atoms with Crippen molar-refractivity contribution < 1.29 is 19.1 Å². The van der Waals surface area contributed by atoms with Gasteiger partial charge in [0.1, 0.15) is 0 Å². The molecule has 136 valence electrons. The highest BCUT2D eigenvalue weighted by atomic mass is 79.9. The Morgan fingerprint density at radius 3 is 2.23 bits per heavy atom. The molecular formula is C18H18BrN3O4. The minimum absolute atomic E-state index is 0.508. The Morgan fingerprint density at radius 2 is 1.62 bits per heavy atom. The lowest BCUT2D eigenvalue weighted by Gasteiger charge is -2.09. The van der Waals surface area contributed by atoms with Gasteiger partial charge in [-0.15, -0.1) is 0 Å². The third-order valence-corrected chi connectivity index (χ3v) is 3.96. The van der Waals surface area contributed by atoms with Gasteiger partial charge in [-0.05, 0) is 49.4 Å². The molecular weight excluding hydrogens is 402 g/mol. The van der Waals surface area contributed by atoms with Crippen LogP contribution in [-0.2, 0) is 9.59 Å². The fourth-order valence-electron chi connectivity index (χ4n) is 2.03. The van der Waals surface area contributed by atoms with Crippen LogP contribution in [0.1, 0.15) is 12.5 Å². The summed E-state index contributed by atoms with van der Waals surface area (Å²) in [5.41, 5.74) is 3.97. The fourth-order valence-corrected chi connectivity index (χ4v) is 2.30. The number of methoxy groups -OCH3 is 2. The zero-order chi connectivity index (χ0) is 19.1. The zero-order valence-electron chi connectivity index (χ0n) is 14.5. The molecule has 2 amide bonds. The molecule has 0 fully saturated rings. The van der Waals surface area contributed by atoms with Crippen molar-refractivity contribution >= 4 is 39.1 Å². The van der Waals surface area contributed by atoms with E-state index in [1.54, 1.807) is 56.5 Å². The first-order chi connectivity index (χ1) is 12.4. The van der Waals surface area contributed by atoms with Crippen molar-refractivity contribution in [2.24, 2.45) is 5.10 Å². The summed E-state index contributed by atoms with van der Waals surface area (Å²) < 4.78 is 11.3. The monoisotopic (exact) mass is 419 g/mol. The van der Waals surface area contributed by atoms with Crippen LogP contribution in [0.4, 0.5) is 5.69 Å². The highest BCUT2D eigenvalue weighted by Gasteiger charge is 2.13. The SMILES string of the molecule is COc1ccc(/C(C)=N/NC(=O)C(=O)Nc2ccc(Br)cc2)cc1OC. The topological polar surface area (TPSA) is 89.0 Å². The summed E-state index contributed by atoms with van der Waals surface area (Å²) >= 11 is 3.30. The molecule has 26 heavy (non-hydrogen) atoms. The van der Waals surface area contributed by atoms with Gasteiger partial charge >= 0.3 is 11.8 Å². The maximum absolute atomic E-state index is 11.9. The molecule has 0 spiro atoms. The summed E-state index contributed by atoms with van der Waals surface area (Å²) in [5.74, 6) is -0.551. The van der Waals surface area contributed by atoms with Crippen molar-refractivity contribution in [2.45, 2.75) is 6.92 Å². The Bertz CT molecular complexity index is 835. The minimum Gasteiger partial charge on any atom is -0.493 e. The largest absolute Gasteiger partial charge is 0.493 e. The Hall–Kier alpha value is -2.87. The summed E-state index contributed by atoms with van der Waals surface area (Å²) in [6, 6.07) is 12.1. The predicted octanol–water partition coefficient (Wildman–Crippen LogP) is 2.95. The van der Waals surface area contributed by atoms with Crippen LogP contribution >= 0.6 is 15.9 Å². The van der Waals surface area contributed by atoms with E-state index in [9.17, 15) is 9.59 Å². The molecule has 0 aliphatic rings. The molecule has 8 heteroatoms. The van der Waals surface area contributed by atoms with Crippen LogP contribution in [0.15, 0.2) is 52.0 Å². The van der Waals surface area contributed by atoms with Crippen LogP contribution in [0.5, 0.6) is 11.5 Å². The van der Waals surface area contributed by atoms with Gasteiger partial charge in [0.25, 0.3) is 0 Å². The van der Waals surface area contributed by atoms with Crippen LogP contribution in [0.3, 0.4) is 0 Å². The third kappa shape index (κ3) is 5.06. The Morgan fingerprint density at radius 1 is 0.962 bits per heavy atom. The van der Waals surface area contributed by atoms with E-state index in [1.807, 2.05) is 0 Å². The van der Waals surface area contributed by atoms with Crippen LogP contribution in [0, 0.1) is 0 Å². The summed E-state index contributed by atoms with van der Waals surface area (Å²) in [6.07, 6.45) is 0. The Labute approximate surface area is 159 Å². The number of amides is 2. The Kier molecular flexibility index (Phi) is 6.74. The molecule has 0 saturated carbocycles. The first-order valence-corrected chi connectivity index (χ1v) is 8.37. The van der Waals surface area contributed by atoms with Crippen molar-refractivity contribution in [3.05, 3.63) is 52.5 Å². The number of carbonyl (C=O) groups excluding carboxylic acids is 2. The van der Waals surface area contributed by atoms with Gasteiger partial charge in [-0.1, -0.05) is 15.9 Å². The van der Waals surface area contributed by atoms with Crippen molar-refractivity contribution in [2.75, 3.05) is 19.5 Å². The van der Waals surface area contributed by atoms with Gasteiger partial charge in [0, 0.05) is 15.7 Å². The molecule has 0 atom stereocenters. The van der Waals surface area contributed by atoms with E-state index in [1.165, 1.54) is 7.11 Å². The first kappa shape index (κ1) is 19.5. The number of carbonyl (C=O) groups is 2. The van der Waals surface area contributed by atoms with Crippen molar-refractivity contribution in [1.29, 1.82) is 0 Å². The number of hydrazone groups is 1. The molecule has 0 unspecified atom stereocenters. The van der Waals surface area contributed by atoms with Crippen LogP contribution in [-0.4, -0.2) is 31.7 Å². The first-order valence-electron chi connectivity index (χ1n) is 7.58. The van der Waals surface area contributed by atoms with Crippen LogP contribution < -0.4 is 20.2 Å². The number of nitrogens with one attached hydrogen (secondary N) is 2. The number of hydrogen-bond donors (Lipinski definition) is 2. The lowest BCUT2D eigenvalue weighted by Crippen LogP contribution is -2.32. The lowest BCUT2D eigenvalue weighted by molar-refractivity contribution is -0.136. The van der Waals surface area contributed by atoms with Crippen LogP contribution in [0.25, 0.3) is 0 Å². The fraction of sp³-hybridized carbons (Fsp3) is 0.167. The molecule has 0 heterocycles. The van der Waals surface area contributed by atoms with Gasteiger partial charge in [-0.2, -0.15) is 5.10 Å². The normalized spacial score (nSPS) is 10.8. The number of benzene rings is 2. The zero-order valence-corrected chi connectivity index (χ0v) is 16.1. The maximum atomic E-state index is 11.9. The second-order valence-corrected chi connectivity index (χ2v) is 6.08. The summed E-state index contributed by atoms with van der Waals surface area (Å²) in [5, 5.41) is 6.44. The van der Waals surface area contributed by atoms with E-state index >= 15 is 0 Å². The number of hydrogen-bond acceptors (Lipinski definition) is 5. The number of rotatable bonds is 5. The third-order valence-electron chi connectivity index (χ3n) is 3.43. The average molecular weight is 420 g/mol. The van der Waals surface area contributed by atoms with E-state index < -0.39 is 11.8 Å². The van der Waals surface area contributed by atoms with Crippen molar-refractivity contribution in [3.8, 4) is 11.5 Å². The molecule has 7 nitrogen and oxygen atoms in total. The second-order valence-electron chi connectivity index (χ2n) is 5.17. The molecule has 2 aromatic carbocycles. The summed E-state index contributed by atoms with van der Waals surface area (Å²) in [6.45, 7) is 1.70. The van der Waals surface area contributed by atoms with Crippen LogP contribution in [0.2, 0.25) is 0 Å². The Balaban J connectivity index is 2.02. The van der Waals surface area contributed by atoms with Crippen molar-refractivity contribution in [3.63, 3.8) is 0 Å². The second kappa shape index (κ2) is 9.00. The van der Waals surface area contributed by atoms with Gasteiger partial charge in [-0.3, -0.25) is 9.59 Å². The van der Waals surface area contributed by atoms with Crippen molar-refractivity contribution in [1.82, 2.24) is 5.43 Å². The molecule has 0 radical (unpaired) electrons. The molecule has 0 aromatic heterocycles. The average Bonchev–Trinajstić information content (AvgIpc) is 2.66. The molecule has 0 aliphatic heterocycles. The number of ether oxygens (including phenoxy) is 2. The van der Waals surface area contributed by atoms with Gasteiger partial charge in [-0.25, -0.2) is 5.43 Å². The highest BCUT2D eigenvalue weighted by molar-refractivity contribution is 9.10. The number of anilines is 1. The smallest absolute Gasteiger partial charge is 0.329 e. The molecule has 0 bridgehead atoms. The van der Waals surface area contributed by atoms with E-state index in [0.717, 1.165) is 10.0 Å². The summed E-state index contributed by atoms with van der Waals surface area (Å²) in [4.78, 5) is 23.8. The van der Waals surface area contributed by atoms with E-state index in [2.05, 4.69) is 31.8 Å². The standard InChI is InChI=1S/C18H18BrN3O4/c1-11(12-4-9-15(25-2)16(10-12)26-3)21-22-18(24)17(23)20-14-7-5-13(19)6-8-14/h4-10H,1-3H3,(H,20,23)(H,22,24)/b21-11+.